The molecule has 0 spiro atoms. The van der Waals surface area contributed by atoms with Gasteiger partial charge in [0.1, 0.15) is 17.4 Å². The summed E-state index contributed by atoms with van der Waals surface area (Å²) in [5.74, 6) is 2.03. The minimum absolute atomic E-state index is 0.0152. The van der Waals surface area contributed by atoms with E-state index in [1.807, 2.05) is 35.1 Å². The summed E-state index contributed by atoms with van der Waals surface area (Å²) in [5, 5.41) is 13.7. The third-order valence-electron chi connectivity index (χ3n) is 6.18. The number of para-hydroxylation sites is 1. The smallest absolute Gasteiger partial charge is 0.228 e. The van der Waals surface area contributed by atoms with Gasteiger partial charge in [-0.25, -0.2) is 0 Å². The van der Waals surface area contributed by atoms with Gasteiger partial charge in [0, 0.05) is 38.4 Å². The van der Waals surface area contributed by atoms with Gasteiger partial charge in [0.15, 0.2) is 0 Å². The number of carbonyl (C=O) groups is 1. The molecule has 3 aliphatic rings. The van der Waals surface area contributed by atoms with Crippen molar-refractivity contribution in [3.8, 4) is 5.75 Å². The van der Waals surface area contributed by atoms with Crippen LogP contribution in [0.15, 0.2) is 58.3 Å². The predicted molar refractivity (Wildman–Crippen MR) is 129 cm³/mol. The fourth-order valence-electron chi connectivity index (χ4n) is 4.26. The molecule has 0 aromatic heterocycles. The number of phenolic OH excluding ortho intramolecular Hbond substituents is 1. The van der Waals surface area contributed by atoms with Crippen LogP contribution in [0, 0.1) is 5.92 Å². The van der Waals surface area contributed by atoms with E-state index in [1.54, 1.807) is 18.2 Å². The Kier molecular flexibility index (Phi) is 7.01. The van der Waals surface area contributed by atoms with Crippen molar-refractivity contribution in [2.45, 2.75) is 25.3 Å². The highest BCUT2D eigenvalue weighted by atomic mass is 79.9. The monoisotopic (exact) mass is 500 g/mol. The lowest BCUT2D eigenvalue weighted by Crippen LogP contribution is -2.44. The molecule has 1 aromatic carbocycles. The SMILES string of the molecule is C=C/C(Br)=C1/NC(c2ccccc2O)=CC(=NC2CCN(C(=O)C3CCOC3)CC2)N1C. The number of rotatable bonds is 4. The second-order valence-electron chi connectivity index (χ2n) is 8.26. The van der Waals surface area contributed by atoms with Crippen LogP contribution < -0.4 is 5.32 Å². The van der Waals surface area contributed by atoms with Gasteiger partial charge in [-0.1, -0.05) is 24.8 Å². The van der Waals surface area contributed by atoms with Gasteiger partial charge in [0.05, 0.1) is 28.7 Å². The van der Waals surface area contributed by atoms with Crippen molar-refractivity contribution in [2.75, 3.05) is 33.4 Å². The number of nitrogens with one attached hydrogen (secondary N) is 1. The lowest BCUT2D eigenvalue weighted by Gasteiger charge is -2.34. The van der Waals surface area contributed by atoms with Crippen molar-refractivity contribution in [3.63, 3.8) is 0 Å². The maximum Gasteiger partial charge on any atom is 0.228 e. The van der Waals surface area contributed by atoms with Crippen LogP contribution in [0.2, 0.25) is 0 Å². The molecule has 2 N–H and O–H groups in total. The number of phenols is 1. The zero-order valence-electron chi connectivity index (χ0n) is 18.3. The molecule has 2 fully saturated rings. The Hall–Kier alpha value is -2.58. The number of allylic oxidation sites excluding steroid dienone is 2. The van der Waals surface area contributed by atoms with Gasteiger partial charge in [0.2, 0.25) is 5.91 Å². The van der Waals surface area contributed by atoms with Gasteiger partial charge in [-0.2, -0.15) is 0 Å². The maximum absolute atomic E-state index is 12.7. The van der Waals surface area contributed by atoms with Crippen LogP contribution in [0.25, 0.3) is 5.70 Å². The number of hydrogen-bond donors (Lipinski definition) is 2. The Morgan fingerprint density at radius 2 is 2.06 bits per heavy atom. The topological polar surface area (TPSA) is 77.4 Å². The number of benzene rings is 1. The lowest BCUT2D eigenvalue weighted by atomic mass is 10.0. The Bertz CT molecular complexity index is 973. The zero-order chi connectivity index (χ0) is 22.7. The third kappa shape index (κ3) is 4.76. The molecule has 2 saturated heterocycles. The number of likely N-dealkylation sites (N-methyl/N-ethyl adjacent to an activating group) is 1. The van der Waals surface area contributed by atoms with E-state index in [0.29, 0.717) is 31.9 Å². The van der Waals surface area contributed by atoms with Crippen LogP contribution in [0.1, 0.15) is 24.8 Å². The molecule has 0 radical (unpaired) electrons. The van der Waals surface area contributed by atoms with Gasteiger partial charge < -0.3 is 25.0 Å². The average Bonchev–Trinajstić information content (AvgIpc) is 3.35. The highest BCUT2D eigenvalue weighted by molar-refractivity contribution is 9.11. The molecule has 1 aromatic rings. The Labute approximate surface area is 197 Å². The van der Waals surface area contributed by atoms with Gasteiger partial charge >= 0.3 is 0 Å². The van der Waals surface area contributed by atoms with E-state index in [9.17, 15) is 9.90 Å². The van der Waals surface area contributed by atoms with Gasteiger partial charge in [-0.15, -0.1) is 0 Å². The molecule has 1 atom stereocenters. The first kappa shape index (κ1) is 22.6. The number of nitrogens with zero attached hydrogens (tertiary/aromatic N) is 3. The van der Waals surface area contributed by atoms with Crippen LogP contribution >= 0.6 is 15.9 Å². The normalized spacial score (nSPS) is 24.9. The van der Waals surface area contributed by atoms with E-state index in [-0.39, 0.29) is 23.6 Å². The van der Waals surface area contributed by atoms with Crippen LogP contribution in [0.5, 0.6) is 5.75 Å². The number of hydrogen-bond acceptors (Lipinski definition) is 5. The highest BCUT2D eigenvalue weighted by Gasteiger charge is 2.31. The molecule has 1 unspecified atom stereocenters. The summed E-state index contributed by atoms with van der Waals surface area (Å²) in [7, 11) is 1.95. The number of halogens is 1. The largest absolute Gasteiger partial charge is 0.507 e. The van der Waals surface area contributed by atoms with Crippen molar-refractivity contribution in [3.05, 3.63) is 58.9 Å². The number of carbonyl (C=O) groups excluding carboxylic acids is 1. The molecule has 8 heteroatoms. The number of amidine groups is 1. The lowest BCUT2D eigenvalue weighted by molar-refractivity contribution is -0.136. The zero-order valence-corrected chi connectivity index (χ0v) is 19.8. The summed E-state index contributed by atoms with van der Waals surface area (Å²) in [4.78, 5) is 21.6. The summed E-state index contributed by atoms with van der Waals surface area (Å²) in [6.07, 6.45) is 6.15. The van der Waals surface area contributed by atoms with E-state index < -0.39 is 0 Å². The summed E-state index contributed by atoms with van der Waals surface area (Å²) >= 11 is 3.56. The van der Waals surface area contributed by atoms with Gasteiger partial charge in [0.25, 0.3) is 0 Å². The molecular formula is C24H29BrN4O3. The van der Waals surface area contributed by atoms with Crippen molar-refractivity contribution in [1.29, 1.82) is 0 Å². The number of aliphatic imine (C=N–C) groups is 1. The van der Waals surface area contributed by atoms with Crippen molar-refractivity contribution in [2.24, 2.45) is 10.9 Å². The molecule has 3 heterocycles. The average molecular weight is 501 g/mol. The van der Waals surface area contributed by atoms with Crippen molar-refractivity contribution in [1.82, 2.24) is 15.1 Å². The van der Waals surface area contributed by atoms with Gasteiger partial charge in [-0.3, -0.25) is 9.79 Å². The first-order chi connectivity index (χ1) is 15.5. The van der Waals surface area contributed by atoms with Crippen LogP contribution in [0.4, 0.5) is 0 Å². The summed E-state index contributed by atoms with van der Waals surface area (Å²) in [6.45, 7) is 6.52. The summed E-state index contributed by atoms with van der Waals surface area (Å²) in [5.41, 5.74) is 1.47. The second-order valence-corrected chi connectivity index (χ2v) is 9.12. The van der Waals surface area contributed by atoms with E-state index in [0.717, 1.165) is 41.1 Å². The number of likely N-dealkylation sites (tertiary alicyclic amines) is 1. The molecule has 0 aliphatic carbocycles. The summed E-state index contributed by atoms with van der Waals surface area (Å²) < 4.78 is 6.17. The fraction of sp³-hybridized carbons (Fsp3) is 0.417. The number of ether oxygens (including phenoxy) is 1. The standard InChI is InChI=1S/C24H29BrN4O3/c1-3-19(25)23-27-20(18-6-4-5-7-21(18)30)14-22(28(23)2)26-17-8-11-29(12-9-17)24(31)16-10-13-32-15-16/h3-7,14,16-17,27,30H,1,8-13,15H2,2H3/b23-19+,26-22?. The molecule has 0 bridgehead atoms. The maximum atomic E-state index is 12.7. The summed E-state index contributed by atoms with van der Waals surface area (Å²) in [6, 6.07) is 7.35. The van der Waals surface area contributed by atoms with E-state index in [1.165, 1.54) is 0 Å². The predicted octanol–water partition coefficient (Wildman–Crippen LogP) is 3.44. The fourth-order valence-corrected chi connectivity index (χ4v) is 4.63. The van der Waals surface area contributed by atoms with Crippen molar-refractivity contribution < 1.29 is 14.6 Å². The minimum atomic E-state index is 0.0152. The Morgan fingerprint density at radius 3 is 2.72 bits per heavy atom. The molecule has 1 amide bonds. The molecule has 4 rings (SSSR count). The van der Waals surface area contributed by atoms with E-state index >= 15 is 0 Å². The van der Waals surface area contributed by atoms with Crippen LogP contribution in [-0.2, 0) is 9.53 Å². The quantitative estimate of drug-likeness (QED) is 0.661. The molecule has 0 saturated carbocycles. The molecule has 7 nitrogen and oxygen atoms in total. The Balaban J connectivity index is 1.55. The molecule has 32 heavy (non-hydrogen) atoms. The number of amides is 1. The van der Waals surface area contributed by atoms with Gasteiger partial charge in [-0.05, 0) is 47.3 Å². The van der Waals surface area contributed by atoms with Crippen LogP contribution in [-0.4, -0.2) is 66.0 Å². The molecular weight excluding hydrogens is 472 g/mol. The molecule has 3 aliphatic heterocycles. The Morgan fingerprint density at radius 1 is 1.31 bits per heavy atom. The third-order valence-corrected chi connectivity index (χ3v) is 6.87. The second kappa shape index (κ2) is 9.92. The van der Waals surface area contributed by atoms with Crippen LogP contribution in [0.3, 0.4) is 0 Å². The van der Waals surface area contributed by atoms with E-state index in [2.05, 4.69) is 27.8 Å². The minimum Gasteiger partial charge on any atom is -0.507 e. The van der Waals surface area contributed by atoms with Crippen molar-refractivity contribution >= 4 is 33.4 Å². The van der Waals surface area contributed by atoms with E-state index in [4.69, 9.17) is 9.73 Å². The molecule has 170 valence electrons. The number of aromatic hydroxyl groups is 1. The first-order valence-corrected chi connectivity index (χ1v) is 11.7. The number of piperidine rings is 1. The highest BCUT2D eigenvalue weighted by Crippen LogP contribution is 2.30. The first-order valence-electron chi connectivity index (χ1n) is 10.9.